The van der Waals surface area contributed by atoms with Crippen LogP contribution in [0.4, 0.5) is 5.95 Å². The number of aldehydes is 1. The fourth-order valence-electron chi connectivity index (χ4n) is 1.69. The highest BCUT2D eigenvalue weighted by molar-refractivity contribution is 5.75. The van der Waals surface area contributed by atoms with Gasteiger partial charge in [0.05, 0.1) is 5.69 Å². The summed E-state index contributed by atoms with van der Waals surface area (Å²) in [4.78, 5) is 21.0. The van der Waals surface area contributed by atoms with Crippen molar-refractivity contribution < 1.29 is 4.79 Å². The summed E-state index contributed by atoms with van der Waals surface area (Å²) in [6, 6.07) is 0. The molecule has 5 heteroatoms. The van der Waals surface area contributed by atoms with Crippen molar-refractivity contribution in [3.8, 4) is 0 Å². The number of hydrogen-bond donors (Lipinski definition) is 1. The van der Waals surface area contributed by atoms with Crippen LogP contribution in [0, 0.1) is 0 Å². The zero-order chi connectivity index (χ0) is 10.1. The molecule has 0 fully saturated rings. The smallest absolute Gasteiger partial charge is 0.220 e. The van der Waals surface area contributed by atoms with E-state index in [0.29, 0.717) is 5.69 Å². The highest BCUT2D eigenvalue weighted by Crippen LogP contribution is 2.18. The minimum absolute atomic E-state index is 0.190. The van der Waals surface area contributed by atoms with E-state index in [1.54, 1.807) is 0 Å². The molecule has 1 aliphatic rings. The molecule has 1 aromatic rings. The lowest BCUT2D eigenvalue weighted by Crippen LogP contribution is -2.29. The Morgan fingerprint density at radius 1 is 1.50 bits per heavy atom. The maximum absolute atomic E-state index is 10.8. The largest absolute Gasteiger partial charge is 0.368 e. The molecule has 0 unspecified atom stereocenters. The lowest BCUT2D eigenvalue weighted by Gasteiger charge is -2.24. The van der Waals surface area contributed by atoms with Gasteiger partial charge in [0.1, 0.15) is 5.69 Å². The van der Waals surface area contributed by atoms with Gasteiger partial charge in [-0.1, -0.05) is 0 Å². The fraction of sp³-hybridized carbons (Fsp3) is 0.444. The predicted molar refractivity (Wildman–Crippen MR) is 51.9 cm³/mol. The van der Waals surface area contributed by atoms with Crippen molar-refractivity contribution in [3.05, 3.63) is 17.0 Å². The minimum Gasteiger partial charge on any atom is -0.368 e. The van der Waals surface area contributed by atoms with Crippen molar-refractivity contribution in [1.29, 1.82) is 0 Å². The van der Waals surface area contributed by atoms with E-state index in [4.69, 9.17) is 5.73 Å². The number of fused-ring (bicyclic) bond motifs is 1. The molecule has 1 aromatic heterocycles. The Morgan fingerprint density at radius 3 is 3.00 bits per heavy atom. The molecule has 0 aliphatic carbocycles. The summed E-state index contributed by atoms with van der Waals surface area (Å²) in [7, 11) is 2.01. The van der Waals surface area contributed by atoms with E-state index < -0.39 is 0 Å². The van der Waals surface area contributed by atoms with Crippen LogP contribution in [0.3, 0.4) is 0 Å². The Kier molecular flexibility index (Phi) is 2.17. The number of hydrogen-bond acceptors (Lipinski definition) is 5. The second-order valence-corrected chi connectivity index (χ2v) is 3.50. The average Bonchev–Trinajstić information content (AvgIpc) is 2.17. The monoisotopic (exact) mass is 192 g/mol. The van der Waals surface area contributed by atoms with Crippen molar-refractivity contribution >= 4 is 12.2 Å². The van der Waals surface area contributed by atoms with E-state index >= 15 is 0 Å². The van der Waals surface area contributed by atoms with Crippen LogP contribution in [0.1, 0.15) is 21.7 Å². The van der Waals surface area contributed by atoms with Crippen LogP contribution in [-0.2, 0) is 13.0 Å². The topological polar surface area (TPSA) is 72.1 Å². The number of carbonyl (C=O) groups excluding carboxylic acids is 1. The lowest BCUT2D eigenvalue weighted by atomic mass is 10.0. The van der Waals surface area contributed by atoms with Gasteiger partial charge in [-0.2, -0.15) is 0 Å². The molecule has 0 saturated carbocycles. The van der Waals surface area contributed by atoms with Gasteiger partial charge < -0.3 is 10.6 Å². The van der Waals surface area contributed by atoms with Crippen molar-refractivity contribution in [2.45, 2.75) is 13.0 Å². The Bertz CT molecular complexity index is 377. The van der Waals surface area contributed by atoms with Crippen molar-refractivity contribution in [2.75, 3.05) is 19.3 Å². The zero-order valence-electron chi connectivity index (χ0n) is 8.03. The number of likely N-dealkylation sites (N-methyl/N-ethyl adjacent to an activating group) is 1. The van der Waals surface area contributed by atoms with Crippen molar-refractivity contribution in [2.24, 2.45) is 0 Å². The average molecular weight is 192 g/mol. The van der Waals surface area contributed by atoms with Gasteiger partial charge in [-0.15, -0.1) is 0 Å². The normalized spacial score (nSPS) is 16.4. The molecule has 14 heavy (non-hydrogen) atoms. The van der Waals surface area contributed by atoms with Gasteiger partial charge in [0, 0.05) is 25.1 Å². The molecule has 5 nitrogen and oxygen atoms in total. The van der Waals surface area contributed by atoms with Crippen LogP contribution in [0.5, 0.6) is 0 Å². The Balaban J connectivity index is 2.52. The van der Waals surface area contributed by atoms with E-state index in [2.05, 4.69) is 14.9 Å². The molecule has 1 aliphatic heterocycles. The van der Waals surface area contributed by atoms with Gasteiger partial charge in [-0.3, -0.25) is 4.79 Å². The van der Waals surface area contributed by atoms with E-state index in [-0.39, 0.29) is 5.95 Å². The summed E-state index contributed by atoms with van der Waals surface area (Å²) >= 11 is 0. The molecule has 0 aromatic carbocycles. The second-order valence-electron chi connectivity index (χ2n) is 3.50. The second kappa shape index (κ2) is 3.34. The summed E-state index contributed by atoms with van der Waals surface area (Å²) < 4.78 is 0. The molecule has 0 amide bonds. The molecule has 0 atom stereocenters. The minimum atomic E-state index is 0.190. The summed E-state index contributed by atoms with van der Waals surface area (Å²) in [6.45, 7) is 1.67. The van der Waals surface area contributed by atoms with Gasteiger partial charge in [0.15, 0.2) is 6.29 Å². The van der Waals surface area contributed by atoms with Gasteiger partial charge in [-0.25, -0.2) is 9.97 Å². The number of nitrogen functional groups attached to an aromatic ring is 1. The summed E-state index contributed by atoms with van der Waals surface area (Å²) in [5.41, 5.74) is 7.76. The van der Waals surface area contributed by atoms with E-state index in [0.717, 1.165) is 37.1 Å². The number of nitrogens with zero attached hydrogens (tertiary/aromatic N) is 3. The third kappa shape index (κ3) is 1.46. The molecule has 0 bridgehead atoms. The van der Waals surface area contributed by atoms with Gasteiger partial charge >= 0.3 is 0 Å². The Hall–Kier alpha value is -1.49. The van der Waals surface area contributed by atoms with E-state index in [1.807, 2.05) is 7.05 Å². The van der Waals surface area contributed by atoms with E-state index in [1.165, 1.54) is 0 Å². The first-order valence-corrected chi connectivity index (χ1v) is 4.49. The van der Waals surface area contributed by atoms with Gasteiger partial charge in [0.25, 0.3) is 0 Å². The fourth-order valence-corrected chi connectivity index (χ4v) is 1.69. The van der Waals surface area contributed by atoms with Gasteiger partial charge in [0.2, 0.25) is 5.95 Å². The van der Waals surface area contributed by atoms with Crippen LogP contribution in [0.2, 0.25) is 0 Å². The third-order valence-corrected chi connectivity index (χ3v) is 2.41. The number of carbonyl (C=O) groups is 1. The van der Waals surface area contributed by atoms with Crippen LogP contribution in [0.15, 0.2) is 0 Å². The molecule has 0 spiro atoms. The van der Waals surface area contributed by atoms with Crippen LogP contribution >= 0.6 is 0 Å². The third-order valence-electron chi connectivity index (χ3n) is 2.41. The predicted octanol–water partition coefficient (Wildman–Crippen LogP) is -0.141. The Morgan fingerprint density at radius 2 is 2.29 bits per heavy atom. The molecule has 0 saturated heterocycles. The van der Waals surface area contributed by atoms with E-state index in [9.17, 15) is 4.79 Å². The Labute approximate surface area is 82.0 Å². The quantitative estimate of drug-likeness (QED) is 0.627. The first kappa shape index (κ1) is 9.08. The lowest BCUT2D eigenvalue weighted by molar-refractivity contribution is 0.111. The van der Waals surface area contributed by atoms with Crippen LogP contribution < -0.4 is 5.73 Å². The molecule has 2 rings (SSSR count). The first-order valence-electron chi connectivity index (χ1n) is 4.49. The highest BCUT2D eigenvalue weighted by Gasteiger charge is 2.19. The maximum atomic E-state index is 10.8. The first-order chi connectivity index (χ1) is 6.70. The summed E-state index contributed by atoms with van der Waals surface area (Å²) in [5, 5.41) is 0. The van der Waals surface area contributed by atoms with Crippen LogP contribution in [-0.4, -0.2) is 34.7 Å². The summed E-state index contributed by atoms with van der Waals surface area (Å²) in [5.74, 6) is 0.190. The SMILES string of the molecule is CN1CCc2nc(N)nc(C=O)c2C1. The molecule has 2 heterocycles. The number of nitrogens with two attached hydrogens (primary N) is 1. The standard InChI is InChI=1S/C9H12N4O/c1-13-3-2-7-6(4-13)8(5-14)12-9(10)11-7/h5H,2-4H2,1H3,(H2,10,11,12). The number of anilines is 1. The molecular weight excluding hydrogens is 180 g/mol. The molecule has 0 radical (unpaired) electrons. The maximum Gasteiger partial charge on any atom is 0.220 e. The number of aromatic nitrogens is 2. The summed E-state index contributed by atoms with van der Waals surface area (Å²) in [6.07, 6.45) is 1.58. The van der Waals surface area contributed by atoms with Crippen LogP contribution in [0.25, 0.3) is 0 Å². The molecular formula is C9H12N4O. The zero-order valence-corrected chi connectivity index (χ0v) is 8.03. The molecule has 74 valence electrons. The molecule has 2 N–H and O–H groups in total. The highest BCUT2D eigenvalue weighted by atomic mass is 16.1. The van der Waals surface area contributed by atoms with Gasteiger partial charge in [-0.05, 0) is 7.05 Å². The van der Waals surface area contributed by atoms with Crippen molar-refractivity contribution in [1.82, 2.24) is 14.9 Å². The number of rotatable bonds is 1. The van der Waals surface area contributed by atoms with Crippen molar-refractivity contribution in [3.63, 3.8) is 0 Å².